The molecule has 6 nitrogen and oxygen atoms in total. The molecule has 1 aliphatic heterocycles. The number of carboxylic acids is 1. The van der Waals surface area contributed by atoms with Gasteiger partial charge in [0, 0.05) is 22.2 Å². The molecule has 3 rings (SSSR count). The van der Waals surface area contributed by atoms with Gasteiger partial charge in [-0.25, -0.2) is 9.59 Å². The molecule has 19 heavy (non-hydrogen) atoms. The van der Waals surface area contributed by atoms with E-state index in [1.165, 1.54) is 6.08 Å². The SMILES string of the molecule is O=C(O)C1=Cc2c([nH]c3ccccc23)CN1C(=O)O. The highest BCUT2D eigenvalue weighted by Gasteiger charge is 2.29. The largest absolute Gasteiger partial charge is 0.477 e. The Labute approximate surface area is 107 Å². The van der Waals surface area contributed by atoms with Gasteiger partial charge in [-0.1, -0.05) is 18.2 Å². The van der Waals surface area contributed by atoms with E-state index in [1.807, 2.05) is 24.3 Å². The number of aromatic nitrogens is 1. The number of aromatic amines is 1. The van der Waals surface area contributed by atoms with Crippen LogP contribution in [-0.4, -0.2) is 32.2 Å². The average Bonchev–Trinajstić information content (AvgIpc) is 2.74. The Morgan fingerprint density at radius 1 is 1.21 bits per heavy atom. The molecule has 6 heteroatoms. The molecule has 1 aliphatic rings. The molecule has 0 bridgehead atoms. The van der Waals surface area contributed by atoms with Crippen molar-refractivity contribution in [3.63, 3.8) is 0 Å². The first-order chi connectivity index (χ1) is 9.08. The maximum Gasteiger partial charge on any atom is 0.412 e. The van der Waals surface area contributed by atoms with E-state index >= 15 is 0 Å². The van der Waals surface area contributed by atoms with Crippen LogP contribution >= 0.6 is 0 Å². The van der Waals surface area contributed by atoms with Gasteiger partial charge in [-0.05, 0) is 12.1 Å². The van der Waals surface area contributed by atoms with Gasteiger partial charge < -0.3 is 15.2 Å². The van der Waals surface area contributed by atoms with E-state index in [9.17, 15) is 9.59 Å². The maximum atomic E-state index is 11.2. The second-order valence-electron chi connectivity index (χ2n) is 4.27. The number of para-hydroxylation sites is 1. The fraction of sp³-hybridized carbons (Fsp3) is 0.0769. The first-order valence-corrected chi connectivity index (χ1v) is 5.63. The number of carboxylic acid groups (broad SMARTS) is 2. The third-order valence-corrected chi connectivity index (χ3v) is 3.17. The van der Waals surface area contributed by atoms with Crippen LogP contribution < -0.4 is 0 Å². The summed E-state index contributed by atoms with van der Waals surface area (Å²) < 4.78 is 0. The van der Waals surface area contributed by atoms with Crippen molar-refractivity contribution in [2.45, 2.75) is 6.54 Å². The Morgan fingerprint density at radius 3 is 2.63 bits per heavy atom. The predicted octanol–water partition coefficient (Wildman–Crippen LogP) is 2.09. The van der Waals surface area contributed by atoms with Crippen LogP contribution in [0, 0.1) is 0 Å². The van der Waals surface area contributed by atoms with E-state index in [2.05, 4.69) is 4.98 Å². The first-order valence-electron chi connectivity index (χ1n) is 5.63. The number of hydrogen-bond acceptors (Lipinski definition) is 2. The molecule has 0 aliphatic carbocycles. The van der Waals surface area contributed by atoms with Crippen LogP contribution in [0.3, 0.4) is 0 Å². The minimum Gasteiger partial charge on any atom is -0.477 e. The van der Waals surface area contributed by atoms with Crippen molar-refractivity contribution in [3.05, 3.63) is 41.2 Å². The number of H-pyrrole nitrogens is 1. The molecule has 0 fully saturated rings. The highest BCUT2D eigenvalue weighted by Crippen LogP contribution is 2.31. The summed E-state index contributed by atoms with van der Waals surface area (Å²) in [5, 5.41) is 19.1. The topological polar surface area (TPSA) is 93.6 Å². The Bertz CT molecular complexity index is 729. The zero-order valence-electron chi connectivity index (χ0n) is 9.75. The molecule has 1 amide bonds. The quantitative estimate of drug-likeness (QED) is 0.730. The summed E-state index contributed by atoms with van der Waals surface area (Å²) in [6.45, 7) is 0.0114. The van der Waals surface area contributed by atoms with Crippen LogP contribution in [0.4, 0.5) is 4.79 Å². The molecule has 0 atom stereocenters. The highest BCUT2D eigenvalue weighted by molar-refractivity contribution is 6.01. The lowest BCUT2D eigenvalue weighted by Gasteiger charge is -2.23. The van der Waals surface area contributed by atoms with Gasteiger partial charge in [0.05, 0.1) is 6.54 Å². The van der Waals surface area contributed by atoms with Crippen molar-refractivity contribution in [2.75, 3.05) is 0 Å². The molecule has 96 valence electrons. The number of hydrogen-bond donors (Lipinski definition) is 3. The third-order valence-electron chi connectivity index (χ3n) is 3.17. The predicted molar refractivity (Wildman–Crippen MR) is 67.5 cm³/mol. The number of amides is 1. The van der Waals surface area contributed by atoms with Crippen LogP contribution in [0.1, 0.15) is 11.3 Å². The van der Waals surface area contributed by atoms with Crippen LogP contribution in [0.5, 0.6) is 0 Å². The summed E-state index contributed by atoms with van der Waals surface area (Å²) in [5.74, 6) is -1.25. The number of carbonyl (C=O) groups is 2. The fourth-order valence-corrected chi connectivity index (χ4v) is 2.31. The van der Waals surface area contributed by atoms with Crippen molar-refractivity contribution in [3.8, 4) is 0 Å². The first kappa shape index (κ1) is 11.3. The molecule has 0 saturated carbocycles. The van der Waals surface area contributed by atoms with Gasteiger partial charge in [0.15, 0.2) is 0 Å². The number of nitrogens with zero attached hydrogens (tertiary/aromatic N) is 1. The summed E-state index contributed by atoms with van der Waals surface area (Å²) >= 11 is 0. The van der Waals surface area contributed by atoms with Crippen LogP contribution in [0.25, 0.3) is 17.0 Å². The van der Waals surface area contributed by atoms with Crippen LogP contribution in [0.15, 0.2) is 30.0 Å². The average molecular weight is 258 g/mol. The minimum absolute atomic E-state index is 0.0114. The molecule has 3 N–H and O–H groups in total. The second kappa shape index (κ2) is 3.88. The molecule has 2 heterocycles. The van der Waals surface area contributed by atoms with Crippen LogP contribution in [-0.2, 0) is 11.3 Å². The lowest BCUT2D eigenvalue weighted by Crippen LogP contribution is -2.34. The summed E-state index contributed by atoms with van der Waals surface area (Å²) in [5.41, 5.74) is 2.07. The van der Waals surface area contributed by atoms with Crippen molar-refractivity contribution >= 4 is 29.0 Å². The van der Waals surface area contributed by atoms with E-state index in [1.54, 1.807) is 0 Å². The van der Waals surface area contributed by atoms with Crippen molar-refractivity contribution < 1.29 is 19.8 Å². The van der Waals surface area contributed by atoms with Crippen molar-refractivity contribution in [2.24, 2.45) is 0 Å². The van der Waals surface area contributed by atoms with E-state index in [4.69, 9.17) is 10.2 Å². The molecule has 0 unspecified atom stereocenters. The molecule has 1 aromatic carbocycles. The van der Waals surface area contributed by atoms with Gasteiger partial charge in [0.2, 0.25) is 0 Å². The lowest BCUT2D eigenvalue weighted by molar-refractivity contribution is -0.134. The summed E-state index contributed by atoms with van der Waals surface area (Å²) in [6.07, 6.45) is 0.117. The minimum atomic E-state index is -1.28. The van der Waals surface area contributed by atoms with E-state index < -0.39 is 12.1 Å². The summed E-state index contributed by atoms with van der Waals surface area (Å²) in [6, 6.07) is 7.46. The maximum absolute atomic E-state index is 11.2. The van der Waals surface area contributed by atoms with E-state index in [0.717, 1.165) is 21.4 Å². The monoisotopic (exact) mass is 258 g/mol. The molecular formula is C13H10N2O4. The second-order valence-corrected chi connectivity index (χ2v) is 4.27. The van der Waals surface area contributed by atoms with E-state index in [0.29, 0.717) is 5.69 Å². The zero-order valence-corrected chi connectivity index (χ0v) is 9.75. The molecule has 0 saturated heterocycles. The number of nitrogens with one attached hydrogen (secondary N) is 1. The van der Waals surface area contributed by atoms with Gasteiger partial charge in [-0.2, -0.15) is 0 Å². The molecule has 2 aromatic rings. The molecular weight excluding hydrogens is 248 g/mol. The number of benzene rings is 1. The number of rotatable bonds is 1. The number of fused-ring (bicyclic) bond motifs is 3. The molecule has 1 aromatic heterocycles. The highest BCUT2D eigenvalue weighted by atomic mass is 16.4. The van der Waals surface area contributed by atoms with Gasteiger partial charge in [0.1, 0.15) is 5.70 Å². The molecule has 0 spiro atoms. The van der Waals surface area contributed by atoms with Gasteiger partial charge >= 0.3 is 12.1 Å². The Kier molecular flexibility index (Phi) is 2.31. The van der Waals surface area contributed by atoms with Crippen LogP contribution in [0.2, 0.25) is 0 Å². The fourth-order valence-electron chi connectivity index (χ4n) is 2.31. The standard InChI is InChI=1S/C13H10N2O4/c16-12(17)11-5-8-7-3-1-2-4-9(7)14-10(8)6-15(11)13(18)19/h1-5,14H,6H2,(H,16,17)(H,18,19). The number of aliphatic carboxylic acids is 1. The molecule has 0 radical (unpaired) electrons. The Morgan fingerprint density at radius 2 is 1.95 bits per heavy atom. The summed E-state index contributed by atoms with van der Waals surface area (Å²) in [7, 11) is 0. The normalized spacial score (nSPS) is 14.1. The van der Waals surface area contributed by atoms with Gasteiger partial charge in [0.25, 0.3) is 0 Å². The smallest absolute Gasteiger partial charge is 0.412 e. The Balaban J connectivity index is 2.24. The van der Waals surface area contributed by atoms with Gasteiger partial charge in [-0.3, -0.25) is 4.90 Å². The Hall–Kier alpha value is -2.76. The van der Waals surface area contributed by atoms with Crippen molar-refractivity contribution in [1.82, 2.24) is 9.88 Å². The lowest BCUT2D eigenvalue weighted by atomic mass is 10.1. The van der Waals surface area contributed by atoms with E-state index in [-0.39, 0.29) is 12.2 Å². The van der Waals surface area contributed by atoms with Crippen molar-refractivity contribution in [1.29, 1.82) is 0 Å². The zero-order chi connectivity index (χ0) is 13.6. The van der Waals surface area contributed by atoms with Gasteiger partial charge in [-0.15, -0.1) is 0 Å². The third kappa shape index (κ3) is 1.65. The summed E-state index contributed by atoms with van der Waals surface area (Å²) in [4.78, 5) is 26.2.